The largest absolute Gasteiger partial charge is 0.497 e. The van der Waals surface area contributed by atoms with E-state index >= 15 is 0 Å². The summed E-state index contributed by atoms with van der Waals surface area (Å²) in [5.41, 5.74) is 2.61. The van der Waals surface area contributed by atoms with Gasteiger partial charge in [-0.15, -0.1) is 0 Å². The van der Waals surface area contributed by atoms with Crippen molar-refractivity contribution >= 4 is 5.91 Å². The molecule has 1 amide bonds. The molecule has 0 radical (unpaired) electrons. The van der Waals surface area contributed by atoms with E-state index in [0.29, 0.717) is 17.3 Å². The number of benzene rings is 1. The fraction of sp³-hybridized carbons (Fsp3) is 0.421. The zero-order valence-electron chi connectivity index (χ0n) is 14.6. The molecule has 0 spiro atoms. The molecular formula is C19H23N3O2. The lowest BCUT2D eigenvalue weighted by Gasteiger charge is -2.41. The Hall–Kier alpha value is -2.43. The lowest BCUT2D eigenvalue weighted by Crippen LogP contribution is -2.45. The molecule has 1 saturated carbocycles. The Morgan fingerprint density at radius 1 is 1.29 bits per heavy atom. The number of carbonyl (C=O) groups is 1. The van der Waals surface area contributed by atoms with Crippen LogP contribution in [0.5, 0.6) is 5.75 Å². The summed E-state index contributed by atoms with van der Waals surface area (Å²) in [4.78, 5) is 23.0. The number of rotatable bonds is 4. The zero-order valence-corrected chi connectivity index (χ0v) is 14.6. The van der Waals surface area contributed by atoms with Crippen molar-refractivity contribution in [3.8, 4) is 5.75 Å². The number of methoxy groups -OCH3 is 1. The molecule has 0 saturated heterocycles. The predicted octanol–water partition coefficient (Wildman–Crippen LogP) is 3.12. The first-order valence-electron chi connectivity index (χ1n) is 8.21. The number of aromatic nitrogens is 2. The first-order chi connectivity index (χ1) is 11.5. The lowest BCUT2D eigenvalue weighted by molar-refractivity contribution is 0.0618. The van der Waals surface area contributed by atoms with Crippen LogP contribution in [-0.2, 0) is 0 Å². The molecule has 1 fully saturated rings. The molecule has 1 aromatic carbocycles. The van der Waals surface area contributed by atoms with Gasteiger partial charge in [0.2, 0.25) is 0 Å². The highest BCUT2D eigenvalue weighted by molar-refractivity contribution is 5.95. The zero-order chi connectivity index (χ0) is 17.3. The topological polar surface area (TPSA) is 55.3 Å². The first kappa shape index (κ1) is 16.4. The van der Waals surface area contributed by atoms with Crippen molar-refractivity contribution in [2.24, 2.45) is 0 Å². The normalized spacial score (nSPS) is 19.5. The first-order valence-corrected chi connectivity index (χ1v) is 8.21. The van der Waals surface area contributed by atoms with Crippen molar-refractivity contribution in [2.45, 2.75) is 38.6 Å². The highest BCUT2D eigenvalue weighted by Gasteiger charge is 2.35. The second-order valence-electron chi connectivity index (χ2n) is 6.43. The predicted molar refractivity (Wildman–Crippen MR) is 92.4 cm³/mol. The summed E-state index contributed by atoms with van der Waals surface area (Å²) in [6, 6.07) is 8.44. The number of nitrogens with zero attached hydrogens (tertiary/aromatic N) is 3. The van der Waals surface area contributed by atoms with Crippen LogP contribution in [0.25, 0.3) is 0 Å². The molecule has 1 aliphatic rings. The van der Waals surface area contributed by atoms with Gasteiger partial charge in [-0.3, -0.25) is 4.79 Å². The molecule has 3 rings (SSSR count). The van der Waals surface area contributed by atoms with Crippen molar-refractivity contribution in [3.05, 3.63) is 53.1 Å². The quantitative estimate of drug-likeness (QED) is 0.866. The number of carbonyl (C=O) groups excluding carboxylic acids is 1. The molecule has 0 N–H and O–H groups in total. The van der Waals surface area contributed by atoms with Crippen LogP contribution in [0.1, 0.15) is 46.2 Å². The molecule has 1 aromatic heterocycles. The third-order valence-corrected chi connectivity index (χ3v) is 4.88. The Labute approximate surface area is 142 Å². The number of hydrogen-bond acceptors (Lipinski definition) is 4. The Kier molecular flexibility index (Phi) is 4.51. The van der Waals surface area contributed by atoms with Gasteiger partial charge in [-0.1, -0.05) is 12.1 Å². The van der Waals surface area contributed by atoms with E-state index in [1.165, 1.54) is 5.56 Å². The summed E-state index contributed by atoms with van der Waals surface area (Å²) >= 11 is 0. The smallest absolute Gasteiger partial charge is 0.257 e. The number of aryl methyl sites for hydroxylation is 2. The van der Waals surface area contributed by atoms with E-state index in [-0.39, 0.29) is 11.9 Å². The maximum atomic E-state index is 12.7. The van der Waals surface area contributed by atoms with Gasteiger partial charge in [0, 0.05) is 19.3 Å². The van der Waals surface area contributed by atoms with E-state index in [2.05, 4.69) is 22.1 Å². The van der Waals surface area contributed by atoms with Crippen molar-refractivity contribution in [1.29, 1.82) is 0 Å². The minimum absolute atomic E-state index is 0.00147. The summed E-state index contributed by atoms with van der Waals surface area (Å²) in [5.74, 6) is 2.05. The van der Waals surface area contributed by atoms with Gasteiger partial charge >= 0.3 is 0 Å². The van der Waals surface area contributed by atoms with Crippen LogP contribution >= 0.6 is 0 Å². The van der Waals surface area contributed by atoms with Crippen LogP contribution < -0.4 is 4.74 Å². The van der Waals surface area contributed by atoms with Gasteiger partial charge in [0.1, 0.15) is 11.6 Å². The minimum atomic E-state index is 0.00147. The van der Waals surface area contributed by atoms with Crippen LogP contribution in [0.15, 0.2) is 30.5 Å². The van der Waals surface area contributed by atoms with Gasteiger partial charge in [0.15, 0.2) is 0 Å². The Morgan fingerprint density at radius 3 is 2.71 bits per heavy atom. The van der Waals surface area contributed by atoms with E-state index in [0.717, 1.165) is 24.3 Å². The van der Waals surface area contributed by atoms with Crippen LogP contribution in [0, 0.1) is 13.8 Å². The maximum absolute atomic E-state index is 12.7. The summed E-state index contributed by atoms with van der Waals surface area (Å²) in [6.07, 6.45) is 3.58. The summed E-state index contributed by atoms with van der Waals surface area (Å²) < 4.78 is 5.29. The third-order valence-electron chi connectivity index (χ3n) is 4.88. The Balaban J connectivity index is 1.65. The molecule has 126 valence electrons. The molecule has 2 aromatic rings. The summed E-state index contributed by atoms with van der Waals surface area (Å²) in [6.45, 7) is 3.69. The molecule has 5 heteroatoms. The van der Waals surface area contributed by atoms with Gasteiger partial charge < -0.3 is 9.64 Å². The average Bonchev–Trinajstić information content (AvgIpc) is 2.53. The molecule has 24 heavy (non-hydrogen) atoms. The molecule has 0 atom stereocenters. The number of hydrogen-bond donors (Lipinski definition) is 0. The molecule has 0 bridgehead atoms. The molecular weight excluding hydrogens is 302 g/mol. The van der Waals surface area contributed by atoms with Gasteiger partial charge in [-0.25, -0.2) is 9.97 Å². The Morgan fingerprint density at radius 2 is 2.04 bits per heavy atom. The molecule has 5 nitrogen and oxygen atoms in total. The van der Waals surface area contributed by atoms with E-state index in [1.54, 1.807) is 13.3 Å². The number of ether oxygens (including phenoxy) is 1. The molecule has 0 aliphatic heterocycles. The average molecular weight is 325 g/mol. The standard InChI is InChI=1S/C19H23N3O2/c1-12-18(11-20-13(2)21-12)19(23)22(3)16-8-15(9-16)14-6-5-7-17(10-14)24-4/h5-7,10-11,15-16H,8-9H2,1-4H3. The molecule has 1 heterocycles. The molecule has 0 unspecified atom stereocenters. The van der Waals surface area contributed by atoms with E-state index in [9.17, 15) is 4.79 Å². The monoisotopic (exact) mass is 325 g/mol. The second kappa shape index (κ2) is 6.59. The highest BCUT2D eigenvalue weighted by Crippen LogP contribution is 2.40. The summed E-state index contributed by atoms with van der Waals surface area (Å²) in [7, 11) is 3.55. The van der Waals surface area contributed by atoms with Crippen LogP contribution in [-0.4, -0.2) is 41.0 Å². The van der Waals surface area contributed by atoms with Gasteiger partial charge in [0.05, 0.1) is 18.4 Å². The summed E-state index contributed by atoms with van der Waals surface area (Å²) in [5, 5.41) is 0. The van der Waals surface area contributed by atoms with E-state index < -0.39 is 0 Å². The highest BCUT2D eigenvalue weighted by atomic mass is 16.5. The van der Waals surface area contributed by atoms with Gasteiger partial charge in [0.25, 0.3) is 5.91 Å². The number of amides is 1. The molecule has 1 aliphatic carbocycles. The van der Waals surface area contributed by atoms with Crippen LogP contribution in [0.2, 0.25) is 0 Å². The van der Waals surface area contributed by atoms with Gasteiger partial charge in [-0.2, -0.15) is 0 Å². The van der Waals surface area contributed by atoms with Crippen molar-refractivity contribution < 1.29 is 9.53 Å². The van der Waals surface area contributed by atoms with Crippen molar-refractivity contribution in [3.63, 3.8) is 0 Å². The van der Waals surface area contributed by atoms with Crippen LogP contribution in [0.3, 0.4) is 0 Å². The third kappa shape index (κ3) is 3.11. The Bertz CT molecular complexity index is 754. The lowest BCUT2D eigenvalue weighted by atomic mass is 9.75. The fourth-order valence-corrected chi connectivity index (χ4v) is 3.22. The van der Waals surface area contributed by atoms with Crippen molar-refractivity contribution in [1.82, 2.24) is 14.9 Å². The van der Waals surface area contributed by atoms with E-state index in [1.807, 2.05) is 37.9 Å². The fourth-order valence-electron chi connectivity index (χ4n) is 3.22. The van der Waals surface area contributed by atoms with Gasteiger partial charge in [-0.05, 0) is 50.3 Å². The van der Waals surface area contributed by atoms with E-state index in [4.69, 9.17) is 4.74 Å². The second-order valence-corrected chi connectivity index (χ2v) is 6.43. The SMILES string of the molecule is COc1cccc(C2CC(N(C)C(=O)c3cnc(C)nc3C)C2)c1. The maximum Gasteiger partial charge on any atom is 0.257 e. The van der Waals surface area contributed by atoms with Crippen LogP contribution in [0.4, 0.5) is 0 Å². The van der Waals surface area contributed by atoms with Crippen molar-refractivity contribution in [2.75, 3.05) is 14.2 Å². The minimum Gasteiger partial charge on any atom is -0.497 e.